The molecule has 0 amide bonds. The summed E-state index contributed by atoms with van der Waals surface area (Å²) < 4.78 is 0. The summed E-state index contributed by atoms with van der Waals surface area (Å²) in [6.07, 6.45) is 1.36. The molecule has 0 spiro atoms. The fourth-order valence-corrected chi connectivity index (χ4v) is 1.45. The molecular formula is C12H8N2O3. The van der Waals surface area contributed by atoms with E-state index in [0.29, 0.717) is 5.56 Å². The molecule has 0 aliphatic heterocycles. The van der Waals surface area contributed by atoms with Gasteiger partial charge in [0.2, 0.25) is 5.78 Å². The zero-order chi connectivity index (χ0) is 12.3. The number of benzene rings is 1. The quantitative estimate of drug-likeness (QED) is 0.458. The second kappa shape index (κ2) is 4.52. The first-order valence-electron chi connectivity index (χ1n) is 4.89. The van der Waals surface area contributed by atoms with Crippen molar-refractivity contribution in [1.29, 1.82) is 0 Å². The first-order valence-corrected chi connectivity index (χ1v) is 4.89. The molecule has 1 heterocycles. The fourth-order valence-electron chi connectivity index (χ4n) is 1.45. The summed E-state index contributed by atoms with van der Waals surface area (Å²) in [7, 11) is 0. The first kappa shape index (κ1) is 10.9. The van der Waals surface area contributed by atoms with E-state index in [-0.39, 0.29) is 11.4 Å². The molecule has 0 saturated heterocycles. The van der Waals surface area contributed by atoms with E-state index in [9.17, 15) is 14.9 Å². The van der Waals surface area contributed by atoms with Crippen LogP contribution in [0, 0.1) is 10.1 Å². The normalized spacial score (nSPS) is 9.88. The van der Waals surface area contributed by atoms with Gasteiger partial charge in [0, 0.05) is 17.8 Å². The van der Waals surface area contributed by atoms with Crippen molar-refractivity contribution in [3.8, 4) is 0 Å². The lowest BCUT2D eigenvalue weighted by Gasteiger charge is -2.00. The number of carbonyl (C=O) groups excluding carboxylic acids is 1. The van der Waals surface area contributed by atoms with E-state index >= 15 is 0 Å². The van der Waals surface area contributed by atoms with E-state index in [1.807, 2.05) is 0 Å². The molecule has 0 N–H and O–H groups in total. The minimum Gasteiger partial charge on any atom is -0.287 e. The summed E-state index contributed by atoms with van der Waals surface area (Å²) in [6.45, 7) is 0. The summed E-state index contributed by atoms with van der Waals surface area (Å²) in [5.41, 5.74) is -0.0284. The monoisotopic (exact) mass is 228 g/mol. The molecule has 0 atom stereocenters. The lowest BCUT2D eigenvalue weighted by Crippen LogP contribution is -2.07. The van der Waals surface area contributed by atoms with Gasteiger partial charge in [-0.3, -0.25) is 14.9 Å². The van der Waals surface area contributed by atoms with Crippen molar-refractivity contribution in [2.45, 2.75) is 0 Å². The fraction of sp³-hybridized carbons (Fsp3) is 0. The molecule has 17 heavy (non-hydrogen) atoms. The number of pyridine rings is 1. The number of ketones is 1. The molecular weight excluding hydrogens is 220 g/mol. The molecule has 2 rings (SSSR count). The molecule has 1 aromatic carbocycles. The largest absolute Gasteiger partial charge is 0.298 e. The minimum absolute atomic E-state index is 0.135. The van der Waals surface area contributed by atoms with Gasteiger partial charge in [-0.25, -0.2) is 4.98 Å². The maximum atomic E-state index is 12.0. The summed E-state index contributed by atoms with van der Waals surface area (Å²) >= 11 is 0. The van der Waals surface area contributed by atoms with Crippen LogP contribution in [0.25, 0.3) is 0 Å². The lowest BCUT2D eigenvalue weighted by atomic mass is 10.1. The number of aromatic nitrogens is 1. The Balaban J connectivity index is 2.48. The van der Waals surface area contributed by atoms with Crippen molar-refractivity contribution >= 4 is 11.5 Å². The van der Waals surface area contributed by atoms with Gasteiger partial charge < -0.3 is 0 Å². The average Bonchev–Trinajstić information content (AvgIpc) is 2.39. The molecule has 0 aliphatic carbocycles. The van der Waals surface area contributed by atoms with Crippen LogP contribution in [-0.2, 0) is 0 Å². The standard InChI is InChI=1S/C12H8N2O3/c15-12(9-5-2-1-3-6-9)11-10(14(16)17)7-4-8-13-11/h1-8H. The molecule has 0 radical (unpaired) electrons. The van der Waals surface area contributed by atoms with Gasteiger partial charge in [-0.15, -0.1) is 0 Å². The Bertz CT molecular complexity index is 567. The van der Waals surface area contributed by atoms with Gasteiger partial charge in [-0.2, -0.15) is 0 Å². The Morgan fingerprint density at radius 2 is 1.82 bits per heavy atom. The molecule has 0 saturated carbocycles. The molecule has 0 fully saturated rings. The molecule has 0 unspecified atom stereocenters. The van der Waals surface area contributed by atoms with Crippen molar-refractivity contribution < 1.29 is 9.72 Å². The van der Waals surface area contributed by atoms with Crippen molar-refractivity contribution in [1.82, 2.24) is 4.98 Å². The van der Waals surface area contributed by atoms with Gasteiger partial charge in [0.1, 0.15) is 0 Å². The second-order valence-corrected chi connectivity index (χ2v) is 3.32. The van der Waals surface area contributed by atoms with E-state index < -0.39 is 10.7 Å². The van der Waals surface area contributed by atoms with Crippen LogP contribution in [0.4, 0.5) is 5.69 Å². The molecule has 84 valence electrons. The van der Waals surface area contributed by atoms with E-state index in [0.717, 1.165) is 0 Å². The Kier molecular flexibility index (Phi) is 2.91. The number of nitrogens with zero attached hydrogens (tertiary/aromatic N) is 2. The van der Waals surface area contributed by atoms with Crippen LogP contribution in [0.2, 0.25) is 0 Å². The Morgan fingerprint density at radius 1 is 1.12 bits per heavy atom. The third-order valence-corrected chi connectivity index (χ3v) is 2.23. The second-order valence-electron chi connectivity index (χ2n) is 3.32. The third kappa shape index (κ3) is 2.17. The Hall–Kier alpha value is -2.56. The predicted octanol–water partition coefficient (Wildman–Crippen LogP) is 2.22. The number of carbonyl (C=O) groups is 1. The van der Waals surface area contributed by atoms with Crippen LogP contribution in [0.1, 0.15) is 16.1 Å². The van der Waals surface area contributed by atoms with Crippen LogP contribution in [0.5, 0.6) is 0 Å². The van der Waals surface area contributed by atoms with Crippen LogP contribution >= 0.6 is 0 Å². The Labute approximate surface area is 96.9 Å². The highest BCUT2D eigenvalue weighted by Crippen LogP contribution is 2.18. The Morgan fingerprint density at radius 3 is 2.47 bits per heavy atom. The van der Waals surface area contributed by atoms with Crippen LogP contribution in [0.3, 0.4) is 0 Å². The maximum absolute atomic E-state index is 12.0. The number of hydrogen-bond donors (Lipinski definition) is 0. The van der Waals surface area contributed by atoms with Crippen molar-refractivity contribution in [2.24, 2.45) is 0 Å². The molecule has 5 nitrogen and oxygen atoms in total. The third-order valence-electron chi connectivity index (χ3n) is 2.23. The number of rotatable bonds is 3. The lowest BCUT2D eigenvalue weighted by molar-refractivity contribution is -0.385. The first-order chi connectivity index (χ1) is 8.20. The smallest absolute Gasteiger partial charge is 0.287 e. The van der Waals surface area contributed by atoms with Gasteiger partial charge in [-0.1, -0.05) is 30.3 Å². The summed E-state index contributed by atoms with van der Waals surface area (Å²) in [5.74, 6) is -0.446. The SMILES string of the molecule is O=C(c1ccccc1)c1ncccc1[N+](=O)[O-]. The van der Waals surface area contributed by atoms with E-state index in [4.69, 9.17) is 0 Å². The van der Waals surface area contributed by atoms with E-state index in [1.54, 1.807) is 30.3 Å². The maximum Gasteiger partial charge on any atom is 0.298 e. The molecule has 1 aromatic heterocycles. The topological polar surface area (TPSA) is 73.1 Å². The summed E-state index contributed by atoms with van der Waals surface area (Å²) in [5, 5.41) is 10.8. The summed E-state index contributed by atoms with van der Waals surface area (Å²) in [4.78, 5) is 26.0. The van der Waals surface area contributed by atoms with Crippen molar-refractivity contribution in [3.63, 3.8) is 0 Å². The van der Waals surface area contributed by atoms with Crippen molar-refractivity contribution in [2.75, 3.05) is 0 Å². The average molecular weight is 228 g/mol. The van der Waals surface area contributed by atoms with Crippen LogP contribution in [0.15, 0.2) is 48.7 Å². The number of hydrogen-bond acceptors (Lipinski definition) is 4. The highest BCUT2D eigenvalue weighted by atomic mass is 16.6. The van der Waals surface area contributed by atoms with Gasteiger partial charge in [0.25, 0.3) is 5.69 Å². The van der Waals surface area contributed by atoms with Gasteiger partial charge >= 0.3 is 0 Å². The van der Waals surface area contributed by atoms with Crippen molar-refractivity contribution in [3.05, 3.63) is 70.0 Å². The summed E-state index contributed by atoms with van der Waals surface area (Å²) in [6, 6.07) is 11.1. The molecule has 0 bridgehead atoms. The van der Waals surface area contributed by atoms with E-state index in [2.05, 4.69) is 4.98 Å². The van der Waals surface area contributed by atoms with Gasteiger partial charge in [0.05, 0.1) is 4.92 Å². The molecule has 5 heteroatoms. The van der Waals surface area contributed by atoms with Crippen LogP contribution in [-0.4, -0.2) is 15.7 Å². The zero-order valence-electron chi connectivity index (χ0n) is 8.74. The van der Waals surface area contributed by atoms with Crippen LogP contribution < -0.4 is 0 Å². The predicted molar refractivity (Wildman–Crippen MR) is 60.8 cm³/mol. The molecule has 2 aromatic rings. The highest BCUT2D eigenvalue weighted by Gasteiger charge is 2.21. The molecule has 0 aliphatic rings. The van der Waals surface area contributed by atoms with E-state index in [1.165, 1.54) is 18.3 Å². The zero-order valence-corrected chi connectivity index (χ0v) is 8.74. The number of nitro groups is 1. The minimum atomic E-state index is -0.608. The van der Waals surface area contributed by atoms with Gasteiger partial charge in [0.15, 0.2) is 5.69 Å². The van der Waals surface area contributed by atoms with Gasteiger partial charge in [-0.05, 0) is 6.07 Å². The highest BCUT2D eigenvalue weighted by molar-refractivity contribution is 6.10.